The molecular weight excluding hydrogens is 309 g/mol. The summed E-state index contributed by atoms with van der Waals surface area (Å²) >= 11 is 0. The third-order valence-corrected chi connectivity index (χ3v) is 7.27. The molecule has 1 nitrogen and oxygen atoms in total. The van der Waals surface area contributed by atoms with Gasteiger partial charge in [0.2, 0.25) is 0 Å². The minimum absolute atomic E-state index is 0.0621. The topological polar surface area (TPSA) is 3.24 Å². The van der Waals surface area contributed by atoms with Gasteiger partial charge >= 0.3 is 0 Å². The average molecular weight is 341 g/mol. The van der Waals surface area contributed by atoms with Crippen LogP contribution in [0.15, 0.2) is 48.5 Å². The second-order valence-corrected chi connectivity index (χ2v) is 9.08. The maximum Gasteiger partial charge on any atom is 0.0440 e. The van der Waals surface area contributed by atoms with Crippen LogP contribution in [0.5, 0.6) is 0 Å². The average Bonchev–Trinajstić information content (AvgIpc) is 2.62. The lowest BCUT2D eigenvalue weighted by Gasteiger charge is -2.24. The van der Waals surface area contributed by atoms with Gasteiger partial charge in [0.05, 0.1) is 0 Å². The zero-order chi connectivity index (χ0) is 17.4. The Morgan fingerprint density at radius 1 is 0.750 bits per heavy atom. The van der Waals surface area contributed by atoms with E-state index in [-0.39, 0.29) is 7.92 Å². The highest BCUT2D eigenvalue weighted by Gasteiger charge is 2.17. The van der Waals surface area contributed by atoms with E-state index < -0.39 is 0 Å². The Morgan fingerprint density at radius 2 is 1.29 bits per heavy atom. The monoisotopic (exact) mass is 341 g/mol. The first-order chi connectivity index (χ1) is 11.7. The standard InChI is InChI=1S/C22H32NP/c1-5-7-17-24(18-8-6-2)22-16-12-10-14-20(22)19-13-9-11-15-21(19)23(3)4/h9-16H,5-8,17-18H2,1-4H3. The van der Waals surface area contributed by atoms with E-state index in [2.05, 4.69) is 81.4 Å². The van der Waals surface area contributed by atoms with E-state index in [0.29, 0.717) is 0 Å². The Kier molecular flexibility index (Phi) is 7.79. The van der Waals surface area contributed by atoms with Crippen molar-refractivity contribution >= 4 is 18.9 Å². The molecule has 0 bridgehead atoms. The minimum Gasteiger partial charge on any atom is -0.377 e. The summed E-state index contributed by atoms with van der Waals surface area (Å²) in [5.74, 6) is 0. The van der Waals surface area contributed by atoms with E-state index in [1.165, 1.54) is 54.8 Å². The zero-order valence-corrected chi connectivity index (χ0v) is 16.7. The highest BCUT2D eigenvalue weighted by molar-refractivity contribution is 7.65. The molecule has 2 aromatic carbocycles. The first kappa shape index (κ1) is 19.0. The molecule has 2 aromatic rings. The first-order valence-corrected chi connectivity index (χ1v) is 11.0. The lowest BCUT2D eigenvalue weighted by Crippen LogP contribution is -2.14. The summed E-state index contributed by atoms with van der Waals surface area (Å²) < 4.78 is 0. The van der Waals surface area contributed by atoms with E-state index >= 15 is 0 Å². The number of benzene rings is 2. The first-order valence-electron chi connectivity index (χ1n) is 9.29. The molecule has 0 amide bonds. The molecule has 2 heteroatoms. The largest absolute Gasteiger partial charge is 0.377 e. The van der Waals surface area contributed by atoms with Crippen molar-refractivity contribution in [3.63, 3.8) is 0 Å². The Morgan fingerprint density at radius 3 is 1.88 bits per heavy atom. The Labute approximate surface area is 149 Å². The summed E-state index contributed by atoms with van der Waals surface area (Å²) in [6, 6.07) is 17.9. The number of anilines is 1. The molecular formula is C22H32NP. The van der Waals surface area contributed by atoms with Gasteiger partial charge < -0.3 is 4.90 Å². The third-order valence-electron chi connectivity index (χ3n) is 4.48. The predicted octanol–water partition coefficient (Wildman–Crippen LogP) is 6.13. The van der Waals surface area contributed by atoms with Crippen LogP contribution in [0.1, 0.15) is 39.5 Å². The highest BCUT2D eigenvalue weighted by Crippen LogP contribution is 2.41. The minimum atomic E-state index is -0.0621. The molecule has 0 saturated carbocycles. The van der Waals surface area contributed by atoms with Crippen LogP contribution in [0.3, 0.4) is 0 Å². The fourth-order valence-electron chi connectivity index (χ4n) is 3.12. The summed E-state index contributed by atoms with van der Waals surface area (Å²) in [4.78, 5) is 2.23. The van der Waals surface area contributed by atoms with Crippen LogP contribution in [-0.4, -0.2) is 26.4 Å². The number of hydrogen-bond donors (Lipinski definition) is 0. The maximum absolute atomic E-state index is 2.39. The highest BCUT2D eigenvalue weighted by atomic mass is 31.1. The lowest BCUT2D eigenvalue weighted by atomic mass is 10.0. The molecule has 24 heavy (non-hydrogen) atoms. The predicted molar refractivity (Wildman–Crippen MR) is 112 cm³/mol. The summed E-state index contributed by atoms with van der Waals surface area (Å²) in [6.45, 7) is 4.61. The normalized spacial score (nSPS) is 11.0. The van der Waals surface area contributed by atoms with Gasteiger partial charge in [0.25, 0.3) is 0 Å². The molecule has 0 N–H and O–H groups in total. The van der Waals surface area contributed by atoms with Crippen LogP contribution in [0, 0.1) is 0 Å². The molecule has 2 rings (SSSR count). The summed E-state index contributed by atoms with van der Waals surface area (Å²) in [5, 5.41) is 1.60. The zero-order valence-electron chi connectivity index (χ0n) is 15.8. The van der Waals surface area contributed by atoms with Crippen molar-refractivity contribution in [1.82, 2.24) is 0 Å². The Hall–Kier alpha value is -1.33. The number of rotatable bonds is 9. The van der Waals surface area contributed by atoms with Gasteiger partial charge in [-0.2, -0.15) is 0 Å². The second kappa shape index (κ2) is 9.84. The van der Waals surface area contributed by atoms with Crippen molar-refractivity contribution in [3.8, 4) is 11.1 Å². The van der Waals surface area contributed by atoms with E-state index in [0.717, 1.165) is 0 Å². The smallest absolute Gasteiger partial charge is 0.0440 e. The number of nitrogens with zero attached hydrogens (tertiary/aromatic N) is 1. The van der Waals surface area contributed by atoms with Crippen molar-refractivity contribution in [2.75, 3.05) is 31.3 Å². The van der Waals surface area contributed by atoms with Crippen LogP contribution in [0.2, 0.25) is 0 Å². The van der Waals surface area contributed by atoms with Gasteiger partial charge in [-0.05, 0) is 42.1 Å². The molecule has 0 spiro atoms. The maximum atomic E-state index is 2.39. The molecule has 0 aliphatic rings. The summed E-state index contributed by atoms with van der Waals surface area (Å²) in [7, 11) is 4.21. The van der Waals surface area contributed by atoms with Gasteiger partial charge in [0, 0.05) is 25.3 Å². The van der Waals surface area contributed by atoms with E-state index in [1.54, 1.807) is 5.30 Å². The van der Waals surface area contributed by atoms with Crippen LogP contribution in [0.25, 0.3) is 11.1 Å². The van der Waals surface area contributed by atoms with Crippen LogP contribution in [0.4, 0.5) is 5.69 Å². The van der Waals surface area contributed by atoms with Crippen molar-refractivity contribution in [2.24, 2.45) is 0 Å². The van der Waals surface area contributed by atoms with Gasteiger partial charge in [-0.25, -0.2) is 0 Å². The molecule has 0 unspecified atom stereocenters. The van der Waals surface area contributed by atoms with Crippen LogP contribution >= 0.6 is 7.92 Å². The number of para-hydroxylation sites is 1. The van der Waals surface area contributed by atoms with Crippen molar-refractivity contribution in [1.29, 1.82) is 0 Å². The van der Waals surface area contributed by atoms with Crippen LogP contribution < -0.4 is 10.2 Å². The van der Waals surface area contributed by atoms with E-state index in [4.69, 9.17) is 0 Å². The molecule has 0 atom stereocenters. The van der Waals surface area contributed by atoms with Crippen molar-refractivity contribution in [2.45, 2.75) is 39.5 Å². The fourth-order valence-corrected chi connectivity index (χ4v) is 6.05. The molecule has 130 valence electrons. The van der Waals surface area contributed by atoms with Gasteiger partial charge in [-0.1, -0.05) is 77.1 Å². The van der Waals surface area contributed by atoms with Gasteiger partial charge in [0.15, 0.2) is 0 Å². The molecule has 0 heterocycles. The molecule has 0 fully saturated rings. The second-order valence-electron chi connectivity index (χ2n) is 6.62. The van der Waals surface area contributed by atoms with Gasteiger partial charge in [-0.3, -0.25) is 0 Å². The molecule has 0 aliphatic heterocycles. The third kappa shape index (κ3) is 4.84. The van der Waals surface area contributed by atoms with Crippen LogP contribution in [-0.2, 0) is 0 Å². The lowest BCUT2D eigenvalue weighted by molar-refractivity contribution is 0.871. The van der Waals surface area contributed by atoms with E-state index in [9.17, 15) is 0 Å². The van der Waals surface area contributed by atoms with Crippen molar-refractivity contribution < 1.29 is 0 Å². The Bertz CT molecular complexity index is 613. The quantitative estimate of drug-likeness (QED) is 0.496. The number of unbranched alkanes of at least 4 members (excludes halogenated alkanes) is 2. The fraction of sp³-hybridized carbons (Fsp3) is 0.455. The molecule has 0 aliphatic carbocycles. The summed E-state index contributed by atoms with van der Waals surface area (Å²) in [5.41, 5.74) is 4.13. The van der Waals surface area contributed by atoms with E-state index in [1.807, 2.05) is 0 Å². The summed E-state index contributed by atoms with van der Waals surface area (Å²) in [6.07, 6.45) is 8.01. The van der Waals surface area contributed by atoms with Crippen molar-refractivity contribution in [3.05, 3.63) is 48.5 Å². The Balaban J connectivity index is 2.45. The SMILES string of the molecule is CCCCP(CCCC)c1ccccc1-c1ccccc1N(C)C. The van der Waals surface area contributed by atoms with Gasteiger partial charge in [0.1, 0.15) is 0 Å². The van der Waals surface area contributed by atoms with Gasteiger partial charge in [-0.15, -0.1) is 0 Å². The number of hydrogen-bond acceptors (Lipinski definition) is 1. The molecule has 0 radical (unpaired) electrons. The molecule has 0 aromatic heterocycles. The molecule has 0 saturated heterocycles.